The number of aromatic nitrogens is 4. The largest absolute Gasteiger partial charge is 0.330 e. The van der Waals surface area contributed by atoms with Crippen LogP contribution in [0.2, 0.25) is 0 Å². The fourth-order valence-electron chi connectivity index (χ4n) is 3.28. The third-order valence-electron chi connectivity index (χ3n) is 4.58. The van der Waals surface area contributed by atoms with Crippen LogP contribution in [0.25, 0.3) is 5.82 Å². The predicted octanol–water partition coefficient (Wildman–Crippen LogP) is 1.90. The molecule has 2 aromatic rings. The van der Waals surface area contributed by atoms with Gasteiger partial charge < -0.3 is 11.1 Å². The number of nitrogens with one attached hydrogen (secondary N) is 1. The van der Waals surface area contributed by atoms with Crippen molar-refractivity contribution in [2.24, 2.45) is 11.1 Å². The highest BCUT2D eigenvalue weighted by atomic mass is 16.1. The molecule has 1 fully saturated rings. The summed E-state index contributed by atoms with van der Waals surface area (Å²) in [6, 6.07) is 3.60. The Morgan fingerprint density at radius 3 is 2.87 bits per heavy atom. The SMILES string of the molecule is NCC1(CC(=O)Nc2cccnc2-n2cncn2)CCCCC1. The molecule has 0 aromatic carbocycles. The lowest BCUT2D eigenvalue weighted by Crippen LogP contribution is -2.36. The van der Waals surface area contributed by atoms with Crippen molar-refractivity contribution in [3.63, 3.8) is 0 Å². The average molecular weight is 314 g/mol. The van der Waals surface area contributed by atoms with Crippen molar-refractivity contribution < 1.29 is 4.79 Å². The summed E-state index contributed by atoms with van der Waals surface area (Å²) in [5, 5.41) is 7.03. The minimum Gasteiger partial charge on any atom is -0.330 e. The van der Waals surface area contributed by atoms with Gasteiger partial charge in [0.25, 0.3) is 0 Å². The van der Waals surface area contributed by atoms with E-state index < -0.39 is 0 Å². The topological polar surface area (TPSA) is 98.7 Å². The van der Waals surface area contributed by atoms with Gasteiger partial charge in [0, 0.05) is 12.6 Å². The van der Waals surface area contributed by atoms with Gasteiger partial charge in [0.15, 0.2) is 5.82 Å². The number of rotatable bonds is 5. The van der Waals surface area contributed by atoms with Gasteiger partial charge in [-0.05, 0) is 36.9 Å². The van der Waals surface area contributed by atoms with Gasteiger partial charge in [0.05, 0.1) is 5.69 Å². The first kappa shape index (κ1) is 15.6. The van der Waals surface area contributed by atoms with Crippen LogP contribution in [0.15, 0.2) is 31.0 Å². The van der Waals surface area contributed by atoms with Crippen LogP contribution in [-0.2, 0) is 4.79 Å². The Bertz CT molecular complexity index is 648. The Morgan fingerprint density at radius 2 is 2.17 bits per heavy atom. The number of carbonyl (C=O) groups excluding carboxylic acids is 1. The normalized spacial score (nSPS) is 16.9. The van der Waals surface area contributed by atoms with Crippen molar-refractivity contribution >= 4 is 11.6 Å². The number of carbonyl (C=O) groups is 1. The molecule has 0 unspecified atom stereocenters. The quantitative estimate of drug-likeness (QED) is 0.878. The maximum atomic E-state index is 12.5. The van der Waals surface area contributed by atoms with Gasteiger partial charge in [-0.15, -0.1) is 0 Å². The van der Waals surface area contributed by atoms with E-state index in [1.54, 1.807) is 18.6 Å². The molecule has 0 bridgehead atoms. The lowest BCUT2D eigenvalue weighted by molar-refractivity contribution is -0.118. The molecule has 2 heterocycles. The number of anilines is 1. The summed E-state index contributed by atoms with van der Waals surface area (Å²) in [5.41, 5.74) is 6.55. The van der Waals surface area contributed by atoms with E-state index in [0.717, 1.165) is 25.7 Å². The zero-order valence-electron chi connectivity index (χ0n) is 13.1. The summed E-state index contributed by atoms with van der Waals surface area (Å²) in [7, 11) is 0. The first-order valence-corrected chi connectivity index (χ1v) is 8.02. The molecule has 2 aromatic heterocycles. The van der Waals surface area contributed by atoms with Gasteiger partial charge in [-0.3, -0.25) is 4.79 Å². The molecule has 0 saturated heterocycles. The molecule has 7 heteroatoms. The zero-order chi connectivity index (χ0) is 16.1. The van der Waals surface area contributed by atoms with Gasteiger partial charge in [-0.2, -0.15) is 5.10 Å². The molecule has 0 spiro atoms. The zero-order valence-corrected chi connectivity index (χ0v) is 13.1. The van der Waals surface area contributed by atoms with Gasteiger partial charge >= 0.3 is 0 Å². The highest BCUT2D eigenvalue weighted by Crippen LogP contribution is 2.38. The Labute approximate surface area is 135 Å². The Balaban J connectivity index is 1.73. The molecule has 122 valence electrons. The van der Waals surface area contributed by atoms with Crippen LogP contribution in [-0.4, -0.2) is 32.2 Å². The number of pyridine rings is 1. The number of amides is 1. The van der Waals surface area contributed by atoms with Crippen LogP contribution < -0.4 is 11.1 Å². The minimum atomic E-state index is -0.0576. The van der Waals surface area contributed by atoms with Crippen molar-refractivity contribution in [3.8, 4) is 5.82 Å². The van der Waals surface area contributed by atoms with E-state index in [-0.39, 0.29) is 11.3 Å². The summed E-state index contributed by atoms with van der Waals surface area (Å²) >= 11 is 0. The smallest absolute Gasteiger partial charge is 0.225 e. The van der Waals surface area contributed by atoms with Crippen LogP contribution in [0.4, 0.5) is 5.69 Å². The maximum Gasteiger partial charge on any atom is 0.225 e. The second-order valence-corrected chi connectivity index (χ2v) is 6.20. The molecule has 23 heavy (non-hydrogen) atoms. The molecule has 1 saturated carbocycles. The lowest BCUT2D eigenvalue weighted by atomic mass is 9.71. The molecule has 3 rings (SSSR count). The second kappa shape index (κ2) is 6.87. The van der Waals surface area contributed by atoms with E-state index in [2.05, 4.69) is 20.4 Å². The number of nitrogens with two attached hydrogens (primary N) is 1. The lowest BCUT2D eigenvalue weighted by Gasteiger charge is -2.35. The highest BCUT2D eigenvalue weighted by molar-refractivity contribution is 5.92. The van der Waals surface area contributed by atoms with E-state index in [1.165, 1.54) is 17.4 Å². The first-order chi connectivity index (χ1) is 11.2. The molecule has 0 aliphatic heterocycles. The van der Waals surface area contributed by atoms with Crippen LogP contribution in [0.3, 0.4) is 0 Å². The molecule has 7 nitrogen and oxygen atoms in total. The highest BCUT2D eigenvalue weighted by Gasteiger charge is 2.33. The van der Waals surface area contributed by atoms with E-state index in [9.17, 15) is 4.79 Å². The summed E-state index contributed by atoms with van der Waals surface area (Å²) in [4.78, 5) is 20.7. The molecule has 0 radical (unpaired) electrons. The summed E-state index contributed by atoms with van der Waals surface area (Å²) in [5.74, 6) is 0.538. The summed E-state index contributed by atoms with van der Waals surface area (Å²) in [6.07, 6.45) is 10.7. The van der Waals surface area contributed by atoms with E-state index >= 15 is 0 Å². The van der Waals surface area contributed by atoms with Gasteiger partial charge in [0.1, 0.15) is 12.7 Å². The molecule has 3 N–H and O–H groups in total. The second-order valence-electron chi connectivity index (χ2n) is 6.20. The van der Waals surface area contributed by atoms with Crippen LogP contribution in [0.1, 0.15) is 38.5 Å². The average Bonchev–Trinajstić information content (AvgIpc) is 3.10. The summed E-state index contributed by atoms with van der Waals surface area (Å²) in [6.45, 7) is 0.559. The number of hydrogen-bond acceptors (Lipinski definition) is 5. The number of hydrogen-bond donors (Lipinski definition) is 2. The Morgan fingerprint density at radius 1 is 1.35 bits per heavy atom. The minimum absolute atomic E-state index is 0.0216. The van der Waals surface area contributed by atoms with Crippen molar-refractivity contribution in [2.75, 3.05) is 11.9 Å². The Kier molecular flexibility index (Phi) is 4.66. The predicted molar refractivity (Wildman–Crippen MR) is 87.0 cm³/mol. The molecular weight excluding hydrogens is 292 g/mol. The standard InChI is InChI=1S/C16H22N6O/c17-10-16(6-2-1-3-7-16)9-14(23)21-13-5-4-8-19-15(13)22-12-18-11-20-22/h4-5,8,11-12H,1-3,6-7,9-10,17H2,(H,21,23). The number of nitrogens with zero attached hydrogens (tertiary/aromatic N) is 4. The van der Waals surface area contributed by atoms with E-state index in [0.29, 0.717) is 24.5 Å². The molecule has 1 aliphatic carbocycles. The molecule has 1 aliphatic rings. The molecule has 0 atom stereocenters. The third-order valence-corrected chi connectivity index (χ3v) is 4.58. The van der Waals surface area contributed by atoms with Gasteiger partial charge in [-0.25, -0.2) is 14.6 Å². The monoisotopic (exact) mass is 314 g/mol. The first-order valence-electron chi connectivity index (χ1n) is 8.02. The third kappa shape index (κ3) is 3.56. The Hall–Kier alpha value is -2.28. The van der Waals surface area contributed by atoms with Crippen molar-refractivity contribution in [3.05, 3.63) is 31.0 Å². The maximum absolute atomic E-state index is 12.5. The van der Waals surface area contributed by atoms with E-state index in [4.69, 9.17) is 5.73 Å². The van der Waals surface area contributed by atoms with Crippen molar-refractivity contribution in [1.82, 2.24) is 19.7 Å². The van der Waals surface area contributed by atoms with Gasteiger partial charge in [-0.1, -0.05) is 19.3 Å². The van der Waals surface area contributed by atoms with E-state index in [1.807, 2.05) is 6.07 Å². The molecule has 1 amide bonds. The van der Waals surface area contributed by atoms with Crippen LogP contribution in [0.5, 0.6) is 0 Å². The fraction of sp³-hybridized carbons (Fsp3) is 0.500. The van der Waals surface area contributed by atoms with Crippen molar-refractivity contribution in [1.29, 1.82) is 0 Å². The van der Waals surface area contributed by atoms with Crippen LogP contribution in [0, 0.1) is 5.41 Å². The van der Waals surface area contributed by atoms with Crippen molar-refractivity contribution in [2.45, 2.75) is 38.5 Å². The summed E-state index contributed by atoms with van der Waals surface area (Å²) < 4.78 is 1.54. The molecular formula is C16H22N6O. The van der Waals surface area contributed by atoms with Crippen LogP contribution >= 0.6 is 0 Å². The fourth-order valence-corrected chi connectivity index (χ4v) is 3.28. The van der Waals surface area contributed by atoms with Gasteiger partial charge in [0.2, 0.25) is 5.91 Å².